The first-order chi connectivity index (χ1) is 7.83. The second kappa shape index (κ2) is 5.01. The number of nitrogens with one attached hydrogen (secondary N) is 1. The van der Waals surface area contributed by atoms with E-state index in [9.17, 15) is 4.79 Å². The summed E-state index contributed by atoms with van der Waals surface area (Å²) in [6.45, 7) is 3.43. The van der Waals surface area contributed by atoms with Gasteiger partial charge in [-0.3, -0.25) is 4.79 Å². The maximum Gasteiger partial charge on any atom is 0.246 e. The summed E-state index contributed by atoms with van der Waals surface area (Å²) in [5.41, 5.74) is 2.09. The largest absolute Gasteiger partial charge is 0.374 e. The van der Waals surface area contributed by atoms with Crippen LogP contribution in [0.25, 0.3) is 0 Å². The number of amides is 1. The second-order valence-corrected chi connectivity index (χ2v) is 4.12. The molecule has 0 unspecified atom stereocenters. The molecule has 3 heteroatoms. The average Bonchev–Trinajstić information content (AvgIpc) is 2.32. The van der Waals surface area contributed by atoms with E-state index in [1.165, 1.54) is 12.8 Å². The van der Waals surface area contributed by atoms with Gasteiger partial charge in [-0.05, 0) is 18.6 Å². The summed E-state index contributed by atoms with van der Waals surface area (Å²) in [5, 5.41) is 3.14. The van der Waals surface area contributed by atoms with Crippen LogP contribution in [0.5, 0.6) is 0 Å². The molecule has 0 radical (unpaired) electrons. The SMILES string of the molecule is CCCCCN1C(=O)CNc2ccccc21. The molecule has 86 valence electrons. The van der Waals surface area contributed by atoms with E-state index in [-0.39, 0.29) is 5.91 Å². The van der Waals surface area contributed by atoms with Gasteiger partial charge in [0.15, 0.2) is 0 Å². The van der Waals surface area contributed by atoms with E-state index in [0.29, 0.717) is 6.54 Å². The Bertz CT molecular complexity index is 376. The van der Waals surface area contributed by atoms with Gasteiger partial charge in [0, 0.05) is 6.54 Å². The van der Waals surface area contributed by atoms with Crippen LogP contribution >= 0.6 is 0 Å². The number of rotatable bonds is 4. The number of carbonyl (C=O) groups is 1. The minimum absolute atomic E-state index is 0.176. The van der Waals surface area contributed by atoms with E-state index in [1.807, 2.05) is 29.2 Å². The van der Waals surface area contributed by atoms with Crippen LogP contribution in [-0.2, 0) is 4.79 Å². The average molecular weight is 218 g/mol. The minimum Gasteiger partial charge on any atom is -0.374 e. The highest BCUT2D eigenvalue weighted by atomic mass is 16.2. The third-order valence-corrected chi connectivity index (χ3v) is 2.91. The van der Waals surface area contributed by atoms with Crippen molar-refractivity contribution >= 4 is 17.3 Å². The van der Waals surface area contributed by atoms with Crippen molar-refractivity contribution < 1.29 is 4.79 Å². The van der Waals surface area contributed by atoms with Gasteiger partial charge in [-0.25, -0.2) is 0 Å². The van der Waals surface area contributed by atoms with Gasteiger partial charge in [-0.15, -0.1) is 0 Å². The smallest absolute Gasteiger partial charge is 0.246 e. The summed E-state index contributed by atoms with van der Waals surface area (Å²) in [5.74, 6) is 0.176. The fourth-order valence-corrected chi connectivity index (χ4v) is 2.02. The van der Waals surface area contributed by atoms with Gasteiger partial charge in [0.05, 0.1) is 17.9 Å². The molecule has 1 aliphatic rings. The van der Waals surface area contributed by atoms with Crippen LogP contribution in [0.3, 0.4) is 0 Å². The van der Waals surface area contributed by atoms with Gasteiger partial charge in [0.25, 0.3) is 0 Å². The van der Waals surface area contributed by atoms with Crippen molar-refractivity contribution in [2.75, 3.05) is 23.3 Å². The maximum absolute atomic E-state index is 11.8. The van der Waals surface area contributed by atoms with Crippen molar-refractivity contribution in [1.82, 2.24) is 0 Å². The van der Waals surface area contributed by atoms with Crippen LogP contribution in [0.15, 0.2) is 24.3 Å². The van der Waals surface area contributed by atoms with Crippen molar-refractivity contribution in [2.45, 2.75) is 26.2 Å². The molecule has 0 atom stereocenters. The van der Waals surface area contributed by atoms with Gasteiger partial charge in [-0.1, -0.05) is 31.9 Å². The summed E-state index contributed by atoms with van der Waals surface area (Å²) in [6, 6.07) is 8.00. The Morgan fingerprint density at radius 2 is 2.12 bits per heavy atom. The number of hydrogen-bond acceptors (Lipinski definition) is 2. The summed E-state index contributed by atoms with van der Waals surface area (Å²) >= 11 is 0. The van der Waals surface area contributed by atoms with E-state index in [1.54, 1.807) is 0 Å². The van der Waals surface area contributed by atoms with Gasteiger partial charge >= 0.3 is 0 Å². The van der Waals surface area contributed by atoms with Crippen molar-refractivity contribution in [3.8, 4) is 0 Å². The lowest BCUT2D eigenvalue weighted by Crippen LogP contribution is -2.40. The molecule has 1 aromatic carbocycles. The number of anilines is 2. The highest BCUT2D eigenvalue weighted by Gasteiger charge is 2.22. The zero-order chi connectivity index (χ0) is 11.4. The number of unbranched alkanes of at least 4 members (excludes halogenated alkanes) is 2. The van der Waals surface area contributed by atoms with E-state index in [0.717, 1.165) is 24.3 Å². The highest BCUT2D eigenvalue weighted by Crippen LogP contribution is 2.28. The quantitative estimate of drug-likeness (QED) is 0.788. The molecule has 0 bridgehead atoms. The fourth-order valence-electron chi connectivity index (χ4n) is 2.02. The normalized spacial score (nSPS) is 14.6. The third kappa shape index (κ3) is 2.18. The Morgan fingerprint density at radius 1 is 1.31 bits per heavy atom. The molecule has 0 saturated carbocycles. The van der Waals surface area contributed by atoms with Gasteiger partial charge in [0.2, 0.25) is 5.91 Å². The van der Waals surface area contributed by atoms with Gasteiger partial charge in [0.1, 0.15) is 0 Å². The Kier molecular flexibility index (Phi) is 3.44. The molecular formula is C13H18N2O. The minimum atomic E-state index is 0.176. The molecule has 2 rings (SSSR count). The Hall–Kier alpha value is -1.51. The van der Waals surface area contributed by atoms with Crippen LogP contribution in [0, 0.1) is 0 Å². The van der Waals surface area contributed by atoms with Crippen LogP contribution in [-0.4, -0.2) is 19.0 Å². The van der Waals surface area contributed by atoms with Crippen LogP contribution in [0.1, 0.15) is 26.2 Å². The number of nitrogens with zero attached hydrogens (tertiary/aromatic N) is 1. The van der Waals surface area contributed by atoms with Crippen molar-refractivity contribution in [2.24, 2.45) is 0 Å². The second-order valence-electron chi connectivity index (χ2n) is 4.12. The number of para-hydroxylation sites is 2. The third-order valence-electron chi connectivity index (χ3n) is 2.91. The molecular weight excluding hydrogens is 200 g/mol. The number of hydrogen-bond donors (Lipinski definition) is 1. The first-order valence-electron chi connectivity index (χ1n) is 5.96. The fraction of sp³-hybridized carbons (Fsp3) is 0.462. The lowest BCUT2D eigenvalue weighted by atomic mass is 10.1. The summed E-state index contributed by atoms with van der Waals surface area (Å²) in [7, 11) is 0. The molecule has 1 amide bonds. The first-order valence-corrected chi connectivity index (χ1v) is 5.96. The van der Waals surface area contributed by atoms with E-state index in [2.05, 4.69) is 12.2 Å². The zero-order valence-electron chi connectivity index (χ0n) is 9.70. The van der Waals surface area contributed by atoms with E-state index < -0.39 is 0 Å². The van der Waals surface area contributed by atoms with Crippen LogP contribution < -0.4 is 10.2 Å². The molecule has 0 saturated heterocycles. The molecule has 0 spiro atoms. The van der Waals surface area contributed by atoms with Gasteiger partial charge < -0.3 is 10.2 Å². The highest BCUT2D eigenvalue weighted by molar-refractivity contribution is 6.02. The Morgan fingerprint density at radius 3 is 2.94 bits per heavy atom. The molecule has 1 N–H and O–H groups in total. The molecule has 1 heterocycles. The summed E-state index contributed by atoms with van der Waals surface area (Å²) in [4.78, 5) is 13.7. The van der Waals surface area contributed by atoms with E-state index >= 15 is 0 Å². The first kappa shape index (κ1) is 11.0. The lowest BCUT2D eigenvalue weighted by Gasteiger charge is -2.30. The molecule has 0 aromatic heterocycles. The Balaban J connectivity index is 2.13. The molecule has 1 aromatic rings. The van der Waals surface area contributed by atoms with Crippen LogP contribution in [0.4, 0.5) is 11.4 Å². The predicted molar refractivity (Wildman–Crippen MR) is 66.8 cm³/mol. The molecule has 0 fully saturated rings. The zero-order valence-corrected chi connectivity index (χ0v) is 9.70. The van der Waals surface area contributed by atoms with Crippen LogP contribution in [0.2, 0.25) is 0 Å². The van der Waals surface area contributed by atoms with Crippen molar-refractivity contribution in [3.05, 3.63) is 24.3 Å². The van der Waals surface area contributed by atoms with Crippen molar-refractivity contribution in [3.63, 3.8) is 0 Å². The Labute approximate surface area is 96.5 Å². The summed E-state index contributed by atoms with van der Waals surface area (Å²) in [6.07, 6.45) is 3.44. The molecule has 0 aliphatic carbocycles. The van der Waals surface area contributed by atoms with Crippen molar-refractivity contribution in [1.29, 1.82) is 0 Å². The predicted octanol–water partition coefficient (Wildman–Crippen LogP) is 2.64. The molecule has 3 nitrogen and oxygen atoms in total. The molecule has 1 aliphatic heterocycles. The summed E-state index contributed by atoms with van der Waals surface area (Å²) < 4.78 is 0. The number of benzene rings is 1. The number of carbonyl (C=O) groups excluding carboxylic acids is 1. The van der Waals surface area contributed by atoms with E-state index in [4.69, 9.17) is 0 Å². The molecule has 16 heavy (non-hydrogen) atoms. The monoisotopic (exact) mass is 218 g/mol. The number of fused-ring (bicyclic) bond motifs is 1. The topological polar surface area (TPSA) is 32.3 Å². The lowest BCUT2D eigenvalue weighted by molar-refractivity contribution is -0.117. The standard InChI is InChI=1S/C13H18N2O/c1-2-3-6-9-15-12-8-5-4-7-11(12)14-10-13(15)16/h4-5,7-8,14H,2-3,6,9-10H2,1H3. The van der Waals surface area contributed by atoms with Gasteiger partial charge in [-0.2, -0.15) is 0 Å². The maximum atomic E-state index is 11.8.